The minimum Gasteiger partial charge on any atom is -0.368 e. The van der Waals surface area contributed by atoms with Crippen molar-refractivity contribution in [1.82, 2.24) is 5.32 Å². The summed E-state index contributed by atoms with van der Waals surface area (Å²) in [6.45, 7) is 3.50. The van der Waals surface area contributed by atoms with E-state index in [0.717, 1.165) is 0 Å². The van der Waals surface area contributed by atoms with Crippen molar-refractivity contribution in [3.8, 4) is 0 Å². The second kappa shape index (κ2) is 5.70. The number of carbonyl (C=O) groups excluding carboxylic acids is 2. The van der Waals surface area contributed by atoms with Gasteiger partial charge in [0.25, 0.3) is 5.91 Å². The van der Waals surface area contributed by atoms with Gasteiger partial charge in [-0.2, -0.15) is 0 Å². The summed E-state index contributed by atoms with van der Waals surface area (Å²) in [4.78, 5) is 22.7. The Bertz CT molecular complexity index is 387. The van der Waals surface area contributed by atoms with Crippen molar-refractivity contribution in [3.05, 3.63) is 48.6 Å². The predicted octanol–water partition coefficient (Wildman–Crippen LogP) is 0.846. The van der Waals surface area contributed by atoms with Crippen LogP contribution in [0.4, 0.5) is 0 Å². The summed E-state index contributed by atoms with van der Waals surface area (Å²) in [6.07, 6.45) is 1.87. The first-order chi connectivity index (χ1) is 7.65. The van der Waals surface area contributed by atoms with Crippen LogP contribution in [0.5, 0.6) is 0 Å². The van der Waals surface area contributed by atoms with Crippen LogP contribution in [0.1, 0.15) is 16.8 Å². The molecule has 2 amide bonds. The lowest BCUT2D eigenvalue weighted by atomic mass is 10.1. The largest absolute Gasteiger partial charge is 0.368 e. The lowest BCUT2D eigenvalue weighted by molar-refractivity contribution is -0.119. The number of amides is 2. The maximum Gasteiger partial charge on any atom is 0.251 e. The summed E-state index contributed by atoms with van der Waals surface area (Å²) < 4.78 is 0. The molecule has 0 bridgehead atoms. The summed E-state index contributed by atoms with van der Waals surface area (Å²) in [5.74, 6) is -0.879. The van der Waals surface area contributed by atoms with Crippen LogP contribution < -0.4 is 11.1 Å². The Hall–Kier alpha value is -2.10. The molecule has 1 aromatic carbocycles. The molecular weight excluding hydrogens is 204 g/mol. The molecule has 16 heavy (non-hydrogen) atoms. The third-order valence-electron chi connectivity index (χ3n) is 2.09. The second-order valence-corrected chi connectivity index (χ2v) is 3.32. The molecule has 4 nitrogen and oxygen atoms in total. The quantitative estimate of drug-likeness (QED) is 0.719. The smallest absolute Gasteiger partial charge is 0.251 e. The van der Waals surface area contributed by atoms with E-state index < -0.39 is 11.9 Å². The van der Waals surface area contributed by atoms with Gasteiger partial charge in [0.15, 0.2) is 0 Å². The highest BCUT2D eigenvalue weighted by Gasteiger charge is 2.16. The summed E-state index contributed by atoms with van der Waals surface area (Å²) in [6, 6.07) is 7.95. The number of benzene rings is 1. The van der Waals surface area contributed by atoms with Gasteiger partial charge in [0.1, 0.15) is 6.04 Å². The number of nitrogens with two attached hydrogens (primary N) is 1. The van der Waals surface area contributed by atoms with E-state index in [-0.39, 0.29) is 5.91 Å². The van der Waals surface area contributed by atoms with Gasteiger partial charge < -0.3 is 11.1 Å². The molecule has 0 aliphatic heterocycles. The summed E-state index contributed by atoms with van der Waals surface area (Å²) in [7, 11) is 0. The van der Waals surface area contributed by atoms with Crippen molar-refractivity contribution < 1.29 is 9.59 Å². The number of hydrogen-bond acceptors (Lipinski definition) is 2. The van der Waals surface area contributed by atoms with Gasteiger partial charge in [-0.05, 0) is 18.6 Å². The van der Waals surface area contributed by atoms with Crippen LogP contribution in [0.3, 0.4) is 0 Å². The summed E-state index contributed by atoms with van der Waals surface area (Å²) in [5, 5.41) is 2.55. The van der Waals surface area contributed by atoms with E-state index in [1.54, 1.807) is 30.3 Å². The zero-order chi connectivity index (χ0) is 12.0. The molecule has 0 radical (unpaired) electrons. The lowest BCUT2D eigenvalue weighted by Gasteiger charge is -2.13. The molecule has 0 heterocycles. The first-order valence-electron chi connectivity index (χ1n) is 4.91. The van der Waals surface area contributed by atoms with Crippen molar-refractivity contribution in [2.45, 2.75) is 12.5 Å². The van der Waals surface area contributed by atoms with Gasteiger partial charge >= 0.3 is 0 Å². The van der Waals surface area contributed by atoms with Gasteiger partial charge in [0.2, 0.25) is 5.91 Å². The van der Waals surface area contributed by atoms with Crippen LogP contribution in [-0.4, -0.2) is 17.9 Å². The summed E-state index contributed by atoms with van der Waals surface area (Å²) >= 11 is 0. The van der Waals surface area contributed by atoms with Crippen molar-refractivity contribution in [3.63, 3.8) is 0 Å². The van der Waals surface area contributed by atoms with Gasteiger partial charge in [-0.1, -0.05) is 24.3 Å². The second-order valence-electron chi connectivity index (χ2n) is 3.32. The average molecular weight is 218 g/mol. The molecule has 1 rings (SSSR count). The standard InChI is InChI=1S/C12H14N2O2/c1-2-6-10(11(13)15)14-12(16)9-7-4-3-5-8-9/h2-5,7-8,10H,1,6H2,(H2,13,15)(H,14,16)/t10-/m1/s1. The van der Waals surface area contributed by atoms with Crippen LogP contribution in [-0.2, 0) is 4.79 Å². The van der Waals surface area contributed by atoms with Crippen molar-refractivity contribution in [1.29, 1.82) is 0 Å². The van der Waals surface area contributed by atoms with Crippen LogP contribution in [0.15, 0.2) is 43.0 Å². The molecule has 0 aromatic heterocycles. The third kappa shape index (κ3) is 3.24. The van der Waals surface area contributed by atoms with Gasteiger partial charge in [0, 0.05) is 5.56 Å². The van der Waals surface area contributed by atoms with Gasteiger partial charge in [-0.15, -0.1) is 6.58 Å². The lowest BCUT2D eigenvalue weighted by Crippen LogP contribution is -2.44. The highest BCUT2D eigenvalue weighted by molar-refractivity contribution is 5.97. The van der Waals surface area contributed by atoms with Gasteiger partial charge in [-0.25, -0.2) is 0 Å². The van der Waals surface area contributed by atoms with Gasteiger partial charge in [0.05, 0.1) is 0 Å². The average Bonchev–Trinajstić information content (AvgIpc) is 2.29. The van der Waals surface area contributed by atoms with Crippen molar-refractivity contribution in [2.75, 3.05) is 0 Å². The van der Waals surface area contributed by atoms with E-state index in [4.69, 9.17) is 5.73 Å². The highest BCUT2D eigenvalue weighted by atomic mass is 16.2. The minimum atomic E-state index is -0.704. The topological polar surface area (TPSA) is 72.2 Å². The van der Waals surface area contributed by atoms with E-state index in [1.165, 1.54) is 0 Å². The maximum absolute atomic E-state index is 11.7. The Morgan fingerprint density at radius 2 is 2.00 bits per heavy atom. The number of hydrogen-bond donors (Lipinski definition) is 2. The van der Waals surface area contributed by atoms with Crippen molar-refractivity contribution >= 4 is 11.8 Å². The highest BCUT2D eigenvalue weighted by Crippen LogP contribution is 2.00. The Morgan fingerprint density at radius 1 is 1.38 bits per heavy atom. The van der Waals surface area contributed by atoms with Crippen LogP contribution in [0, 0.1) is 0 Å². The first kappa shape index (κ1) is 12.0. The van der Waals surface area contributed by atoms with E-state index in [1.807, 2.05) is 6.07 Å². The summed E-state index contributed by atoms with van der Waals surface area (Å²) in [5.41, 5.74) is 5.65. The fourth-order valence-corrected chi connectivity index (χ4v) is 1.24. The van der Waals surface area contributed by atoms with E-state index in [9.17, 15) is 9.59 Å². The SMILES string of the molecule is C=CC[C@@H](NC(=O)c1ccccc1)C(N)=O. The molecule has 1 atom stereocenters. The fraction of sp³-hybridized carbons (Fsp3) is 0.167. The molecule has 1 aromatic rings. The molecule has 4 heteroatoms. The van der Waals surface area contributed by atoms with Gasteiger partial charge in [-0.3, -0.25) is 9.59 Å². The molecule has 0 spiro atoms. The molecule has 0 fully saturated rings. The maximum atomic E-state index is 11.7. The predicted molar refractivity (Wildman–Crippen MR) is 61.7 cm³/mol. The molecule has 3 N–H and O–H groups in total. The van der Waals surface area contributed by atoms with Crippen molar-refractivity contribution in [2.24, 2.45) is 5.73 Å². The minimum absolute atomic E-state index is 0.314. The molecule has 0 aliphatic carbocycles. The molecule has 0 unspecified atom stereocenters. The van der Waals surface area contributed by atoms with Crippen LogP contribution in [0.25, 0.3) is 0 Å². The van der Waals surface area contributed by atoms with E-state index in [0.29, 0.717) is 12.0 Å². The molecule has 84 valence electrons. The van der Waals surface area contributed by atoms with E-state index >= 15 is 0 Å². The molecule has 0 aliphatic rings. The third-order valence-corrected chi connectivity index (χ3v) is 2.09. The zero-order valence-corrected chi connectivity index (χ0v) is 8.85. The number of rotatable bonds is 5. The van der Waals surface area contributed by atoms with Crippen LogP contribution in [0.2, 0.25) is 0 Å². The Labute approximate surface area is 94.1 Å². The first-order valence-corrected chi connectivity index (χ1v) is 4.91. The normalized spacial score (nSPS) is 11.5. The number of carbonyl (C=O) groups is 2. The monoisotopic (exact) mass is 218 g/mol. The Balaban J connectivity index is 2.69. The fourth-order valence-electron chi connectivity index (χ4n) is 1.24. The molecule has 0 saturated heterocycles. The number of primary amides is 1. The zero-order valence-electron chi connectivity index (χ0n) is 8.85. The molecule has 0 saturated carbocycles. The van der Waals surface area contributed by atoms with Crippen LogP contribution >= 0.6 is 0 Å². The number of nitrogens with one attached hydrogen (secondary N) is 1. The molecular formula is C12H14N2O2. The Kier molecular flexibility index (Phi) is 4.27. The Morgan fingerprint density at radius 3 is 2.50 bits per heavy atom. The van der Waals surface area contributed by atoms with E-state index in [2.05, 4.69) is 11.9 Å².